The van der Waals surface area contributed by atoms with Gasteiger partial charge in [0, 0.05) is 18.8 Å². The Kier molecular flexibility index (Phi) is 6.53. The summed E-state index contributed by atoms with van der Waals surface area (Å²) in [5, 5.41) is 2.70. The molecule has 0 heterocycles. The van der Waals surface area contributed by atoms with Gasteiger partial charge in [0.1, 0.15) is 11.8 Å². The third-order valence-electron chi connectivity index (χ3n) is 3.74. The molecular weight excluding hydrogens is 244 g/mol. The van der Waals surface area contributed by atoms with Crippen LogP contribution in [0.1, 0.15) is 58.3 Å². The van der Waals surface area contributed by atoms with E-state index in [1.54, 1.807) is 6.92 Å². The maximum Gasteiger partial charge on any atom is 0.240 e. The number of ketones is 1. The molecule has 0 radical (unpaired) electrons. The molecule has 108 valence electrons. The topological polar surface area (TPSA) is 89.3 Å². The quantitative estimate of drug-likeness (QED) is 0.729. The highest BCUT2D eigenvalue weighted by atomic mass is 16.2. The maximum absolute atomic E-state index is 12.0. The summed E-state index contributed by atoms with van der Waals surface area (Å²) in [6.45, 7) is 1.78. The Morgan fingerprint density at radius 2 is 1.84 bits per heavy atom. The first-order chi connectivity index (χ1) is 9.04. The summed E-state index contributed by atoms with van der Waals surface area (Å²) >= 11 is 0. The van der Waals surface area contributed by atoms with E-state index in [2.05, 4.69) is 5.32 Å². The van der Waals surface area contributed by atoms with Gasteiger partial charge in [0.25, 0.3) is 0 Å². The zero-order chi connectivity index (χ0) is 14.3. The Hall–Kier alpha value is -1.39. The second-order valence-electron chi connectivity index (χ2n) is 5.23. The summed E-state index contributed by atoms with van der Waals surface area (Å²) < 4.78 is 0. The molecule has 2 amide bonds. The molecule has 5 nitrogen and oxygen atoms in total. The molecule has 19 heavy (non-hydrogen) atoms. The monoisotopic (exact) mass is 268 g/mol. The molecule has 1 saturated carbocycles. The van der Waals surface area contributed by atoms with Crippen LogP contribution in [0.4, 0.5) is 0 Å². The van der Waals surface area contributed by atoms with Crippen LogP contribution in [-0.4, -0.2) is 23.6 Å². The summed E-state index contributed by atoms with van der Waals surface area (Å²) in [5.74, 6) is -0.573. The van der Waals surface area contributed by atoms with Gasteiger partial charge in [-0.25, -0.2) is 0 Å². The molecule has 0 aromatic heterocycles. The van der Waals surface area contributed by atoms with Gasteiger partial charge < -0.3 is 11.1 Å². The van der Waals surface area contributed by atoms with E-state index in [9.17, 15) is 14.4 Å². The Labute approximate surface area is 114 Å². The molecule has 0 bridgehead atoms. The average Bonchev–Trinajstić information content (AvgIpc) is 2.43. The minimum absolute atomic E-state index is 0.00234. The van der Waals surface area contributed by atoms with Crippen molar-refractivity contribution in [2.24, 2.45) is 11.7 Å². The molecule has 1 atom stereocenters. The Morgan fingerprint density at radius 1 is 1.21 bits per heavy atom. The molecule has 0 aromatic rings. The van der Waals surface area contributed by atoms with Crippen LogP contribution in [0.5, 0.6) is 0 Å². The number of hydrogen-bond acceptors (Lipinski definition) is 3. The van der Waals surface area contributed by atoms with Crippen molar-refractivity contribution in [3.8, 4) is 0 Å². The Balaban J connectivity index is 2.45. The zero-order valence-corrected chi connectivity index (χ0v) is 11.6. The average molecular weight is 268 g/mol. The van der Waals surface area contributed by atoms with Gasteiger partial charge in [-0.2, -0.15) is 0 Å². The van der Waals surface area contributed by atoms with Gasteiger partial charge in [-0.05, 0) is 19.3 Å². The van der Waals surface area contributed by atoms with Gasteiger partial charge in [-0.3, -0.25) is 14.4 Å². The minimum atomic E-state index is -0.718. The lowest BCUT2D eigenvalue weighted by molar-refractivity contribution is -0.131. The first-order valence-corrected chi connectivity index (χ1v) is 7.16. The van der Waals surface area contributed by atoms with Crippen LogP contribution in [0.15, 0.2) is 0 Å². The van der Waals surface area contributed by atoms with E-state index in [0.717, 1.165) is 25.7 Å². The van der Waals surface area contributed by atoms with Crippen molar-refractivity contribution < 1.29 is 14.4 Å². The minimum Gasteiger partial charge on any atom is -0.368 e. The Morgan fingerprint density at radius 3 is 2.37 bits per heavy atom. The van der Waals surface area contributed by atoms with Crippen LogP contribution in [0, 0.1) is 5.92 Å². The molecule has 3 N–H and O–H groups in total. The van der Waals surface area contributed by atoms with Gasteiger partial charge in [0.15, 0.2) is 0 Å². The fourth-order valence-electron chi connectivity index (χ4n) is 2.42. The van der Waals surface area contributed by atoms with E-state index in [-0.39, 0.29) is 24.0 Å². The van der Waals surface area contributed by atoms with E-state index >= 15 is 0 Å². The van der Waals surface area contributed by atoms with Crippen molar-refractivity contribution in [2.45, 2.75) is 64.3 Å². The third-order valence-corrected chi connectivity index (χ3v) is 3.74. The zero-order valence-electron chi connectivity index (χ0n) is 11.6. The van der Waals surface area contributed by atoms with Crippen molar-refractivity contribution in [2.75, 3.05) is 0 Å². The number of hydrogen-bond donors (Lipinski definition) is 2. The van der Waals surface area contributed by atoms with Crippen molar-refractivity contribution in [3.63, 3.8) is 0 Å². The van der Waals surface area contributed by atoms with Crippen LogP contribution in [0.2, 0.25) is 0 Å². The van der Waals surface area contributed by atoms with Crippen molar-refractivity contribution in [1.82, 2.24) is 5.32 Å². The smallest absolute Gasteiger partial charge is 0.240 e. The largest absolute Gasteiger partial charge is 0.368 e. The molecule has 0 spiro atoms. The first kappa shape index (κ1) is 15.7. The van der Waals surface area contributed by atoms with Crippen molar-refractivity contribution in [1.29, 1.82) is 0 Å². The van der Waals surface area contributed by atoms with Crippen LogP contribution < -0.4 is 11.1 Å². The first-order valence-electron chi connectivity index (χ1n) is 7.16. The summed E-state index contributed by atoms with van der Waals surface area (Å²) in [7, 11) is 0. The number of nitrogens with two attached hydrogens (primary N) is 1. The highest BCUT2D eigenvalue weighted by molar-refractivity contribution is 5.88. The number of carbonyl (C=O) groups is 3. The van der Waals surface area contributed by atoms with Gasteiger partial charge in [0.05, 0.1) is 0 Å². The summed E-state index contributed by atoms with van der Waals surface area (Å²) in [6, 6.07) is -0.718. The van der Waals surface area contributed by atoms with E-state index in [4.69, 9.17) is 5.73 Å². The number of carbonyl (C=O) groups excluding carboxylic acids is 3. The molecule has 5 heteroatoms. The molecule has 1 rings (SSSR count). The Bertz CT molecular complexity index is 336. The van der Waals surface area contributed by atoms with Gasteiger partial charge in [-0.1, -0.05) is 26.2 Å². The molecule has 0 saturated heterocycles. The fourth-order valence-corrected chi connectivity index (χ4v) is 2.42. The second-order valence-corrected chi connectivity index (χ2v) is 5.23. The summed E-state index contributed by atoms with van der Waals surface area (Å²) in [6.07, 6.45) is 6.10. The lowest BCUT2D eigenvalue weighted by atomic mass is 9.88. The number of amides is 2. The molecule has 0 aromatic carbocycles. The lowest BCUT2D eigenvalue weighted by Gasteiger charge is -2.23. The highest BCUT2D eigenvalue weighted by Gasteiger charge is 2.25. The third kappa shape index (κ3) is 5.41. The fraction of sp³-hybridized carbons (Fsp3) is 0.786. The van der Waals surface area contributed by atoms with Crippen LogP contribution in [-0.2, 0) is 14.4 Å². The van der Waals surface area contributed by atoms with Gasteiger partial charge >= 0.3 is 0 Å². The van der Waals surface area contributed by atoms with Gasteiger partial charge in [-0.15, -0.1) is 0 Å². The highest BCUT2D eigenvalue weighted by Crippen LogP contribution is 2.23. The summed E-state index contributed by atoms with van der Waals surface area (Å²) in [4.78, 5) is 34.6. The van der Waals surface area contributed by atoms with E-state index in [1.807, 2.05) is 0 Å². The van der Waals surface area contributed by atoms with Crippen molar-refractivity contribution >= 4 is 17.6 Å². The van der Waals surface area contributed by atoms with E-state index < -0.39 is 11.9 Å². The van der Waals surface area contributed by atoms with E-state index in [1.165, 1.54) is 6.42 Å². The van der Waals surface area contributed by atoms with Crippen LogP contribution >= 0.6 is 0 Å². The maximum atomic E-state index is 12.0. The lowest BCUT2D eigenvalue weighted by Crippen LogP contribution is -2.47. The summed E-state index contributed by atoms with van der Waals surface area (Å²) in [5.41, 5.74) is 5.28. The van der Waals surface area contributed by atoms with Crippen LogP contribution in [0.3, 0.4) is 0 Å². The molecule has 0 aliphatic heterocycles. The molecule has 0 unspecified atom stereocenters. The predicted molar refractivity (Wildman–Crippen MR) is 72.2 cm³/mol. The normalized spacial score (nSPS) is 17.7. The van der Waals surface area contributed by atoms with Gasteiger partial charge in [0.2, 0.25) is 11.8 Å². The van der Waals surface area contributed by atoms with Crippen LogP contribution in [0.25, 0.3) is 0 Å². The molecular formula is C14H24N2O3. The van der Waals surface area contributed by atoms with E-state index in [0.29, 0.717) is 12.8 Å². The predicted octanol–water partition coefficient (Wildman–Crippen LogP) is 1.30. The number of primary amides is 1. The van der Waals surface area contributed by atoms with Crippen molar-refractivity contribution in [3.05, 3.63) is 0 Å². The number of rotatable bonds is 7. The second kappa shape index (κ2) is 7.92. The number of nitrogens with one attached hydrogen (secondary N) is 1. The molecule has 1 aliphatic carbocycles. The number of Topliss-reactive ketones (excluding diaryl/α,β-unsaturated/α-hetero) is 1. The SMILES string of the molecule is CCC(=O)CC[C@@H](NC(=O)C1CCCCC1)C(N)=O. The molecule has 1 aliphatic rings. The standard InChI is InChI=1S/C14H24N2O3/c1-2-11(17)8-9-12(13(15)18)16-14(19)10-6-4-3-5-7-10/h10,12H,2-9H2,1H3,(H2,15,18)(H,16,19)/t12-/m1/s1. The molecule has 1 fully saturated rings.